The number of rotatable bonds is 2. The minimum Gasteiger partial charge on any atom is -0.346 e. The summed E-state index contributed by atoms with van der Waals surface area (Å²) in [5.41, 5.74) is 1.06. The summed E-state index contributed by atoms with van der Waals surface area (Å²) in [4.78, 5) is 0. The Morgan fingerprint density at radius 1 is 1.60 bits per heavy atom. The van der Waals surface area contributed by atoms with Crippen molar-refractivity contribution in [3.8, 4) is 0 Å². The number of halogens is 1. The van der Waals surface area contributed by atoms with Crippen molar-refractivity contribution in [2.75, 3.05) is 19.1 Å². The SMILES string of the molecule is C/C(=C\CCl)C1OCCO1. The van der Waals surface area contributed by atoms with Crippen molar-refractivity contribution in [3.05, 3.63) is 11.6 Å². The molecule has 2 nitrogen and oxygen atoms in total. The summed E-state index contributed by atoms with van der Waals surface area (Å²) in [6.07, 6.45) is 1.76. The zero-order valence-corrected chi connectivity index (χ0v) is 6.73. The molecule has 1 heterocycles. The number of alkyl halides is 1. The van der Waals surface area contributed by atoms with Gasteiger partial charge >= 0.3 is 0 Å². The largest absolute Gasteiger partial charge is 0.346 e. The molecule has 0 saturated carbocycles. The Labute approximate surface area is 65.8 Å². The third kappa shape index (κ3) is 1.97. The van der Waals surface area contributed by atoms with E-state index in [1.165, 1.54) is 0 Å². The molecule has 0 radical (unpaired) electrons. The normalized spacial score (nSPS) is 22.0. The van der Waals surface area contributed by atoms with Crippen LogP contribution in [0.25, 0.3) is 0 Å². The first-order chi connectivity index (χ1) is 4.84. The topological polar surface area (TPSA) is 18.5 Å². The second kappa shape index (κ2) is 3.96. The Bertz CT molecular complexity index is 128. The highest BCUT2D eigenvalue weighted by atomic mass is 35.5. The maximum Gasteiger partial charge on any atom is 0.179 e. The Morgan fingerprint density at radius 3 is 2.70 bits per heavy atom. The first-order valence-corrected chi connectivity index (χ1v) is 3.84. The lowest BCUT2D eigenvalue weighted by Gasteiger charge is -2.07. The monoisotopic (exact) mass is 162 g/mol. The second-order valence-electron chi connectivity index (χ2n) is 2.18. The maximum atomic E-state index is 5.49. The summed E-state index contributed by atoms with van der Waals surface area (Å²) in [6.45, 7) is 3.34. The van der Waals surface area contributed by atoms with E-state index in [2.05, 4.69) is 0 Å². The maximum absolute atomic E-state index is 5.49. The van der Waals surface area contributed by atoms with Crippen molar-refractivity contribution >= 4 is 11.6 Å². The van der Waals surface area contributed by atoms with Gasteiger partial charge in [0.25, 0.3) is 0 Å². The minimum atomic E-state index is -0.140. The van der Waals surface area contributed by atoms with Gasteiger partial charge in [-0.25, -0.2) is 0 Å². The van der Waals surface area contributed by atoms with Gasteiger partial charge in [0.2, 0.25) is 0 Å². The van der Waals surface area contributed by atoms with E-state index in [1.807, 2.05) is 13.0 Å². The summed E-state index contributed by atoms with van der Waals surface area (Å²) in [6, 6.07) is 0. The summed E-state index contributed by atoms with van der Waals surface area (Å²) < 4.78 is 10.4. The molecule has 0 aliphatic carbocycles. The van der Waals surface area contributed by atoms with Crippen LogP contribution in [-0.2, 0) is 9.47 Å². The van der Waals surface area contributed by atoms with Crippen molar-refractivity contribution in [2.24, 2.45) is 0 Å². The Morgan fingerprint density at radius 2 is 2.20 bits per heavy atom. The first kappa shape index (κ1) is 8.05. The van der Waals surface area contributed by atoms with Crippen LogP contribution in [0, 0.1) is 0 Å². The Balaban J connectivity index is 2.39. The van der Waals surface area contributed by atoms with Crippen LogP contribution in [0.2, 0.25) is 0 Å². The van der Waals surface area contributed by atoms with Gasteiger partial charge in [0.1, 0.15) is 0 Å². The van der Waals surface area contributed by atoms with E-state index in [9.17, 15) is 0 Å². The third-order valence-corrected chi connectivity index (χ3v) is 1.55. The predicted molar refractivity (Wildman–Crippen MR) is 40.2 cm³/mol. The molecule has 0 aromatic rings. The number of hydrogen-bond acceptors (Lipinski definition) is 2. The average Bonchev–Trinajstić information content (AvgIpc) is 2.38. The molecule has 0 N–H and O–H groups in total. The van der Waals surface area contributed by atoms with E-state index in [0.29, 0.717) is 19.1 Å². The molecule has 1 aliphatic heterocycles. The fourth-order valence-corrected chi connectivity index (χ4v) is 1.08. The quantitative estimate of drug-likeness (QED) is 0.453. The molecular weight excluding hydrogens is 152 g/mol. The zero-order chi connectivity index (χ0) is 7.40. The van der Waals surface area contributed by atoms with Gasteiger partial charge in [0.05, 0.1) is 13.2 Å². The molecule has 1 rings (SSSR count). The zero-order valence-electron chi connectivity index (χ0n) is 5.97. The number of allylic oxidation sites excluding steroid dienone is 1. The van der Waals surface area contributed by atoms with E-state index < -0.39 is 0 Å². The van der Waals surface area contributed by atoms with Crippen LogP contribution < -0.4 is 0 Å². The van der Waals surface area contributed by atoms with Gasteiger partial charge in [0.15, 0.2) is 6.29 Å². The lowest BCUT2D eigenvalue weighted by atomic mass is 10.3. The Hall–Kier alpha value is -0.0500. The van der Waals surface area contributed by atoms with Gasteiger partial charge < -0.3 is 9.47 Å². The van der Waals surface area contributed by atoms with Crippen molar-refractivity contribution in [1.82, 2.24) is 0 Å². The van der Waals surface area contributed by atoms with Crippen molar-refractivity contribution < 1.29 is 9.47 Å². The fraction of sp³-hybridized carbons (Fsp3) is 0.714. The van der Waals surface area contributed by atoms with Gasteiger partial charge in [-0.2, -0.15) is 0 Å². The smallest absolute Gasteiger partial charge is 0.179 e. The predicted octanol–water partition coefficient (Wildman–Crippen LogP) is 1.54. The van der Waals surface area contributed by atoms with E-state index >= 15 is 0 Å². The lowest BCUT2D eigenvalue weighted by Crippen LogP contribution is -2.08. The minimum absolute atomic E-state index is 0.140. The van der Waals surface area contributed by atoms with Crippen LogP contribution in [0.4, 0.5) is 0 Å². The molecule has 1 aliphatic rings. The molecule has 1 saturated heterocycles. The molecule has 0 bridgehead atoms. The van der Waals surface area contributed by atoms with Crippen LogP contribution in [0.15, 0.2) is 11.6 Å². The van der Waals surface area contributed by atoms with Crippen LogP contribution >= 0.6 is 11.6 Å². The fourth-order valence-electron chi connectivity index (χ4n) is 0.839. The average molecular weight is 163 g/mol. The van der Waals surface area contributed by atoms with E-state index in [1.54, 1.807) is 0 Å². The van der Waals surface area contributed by atoms with Crippen molar-refractivity contribution in [3.63, 3.8) is 0 Å². The molecular formula is C7H11ClO2. The van der Waals surface area contributed by atoms with Gasteiger partial charge in [-0.3, -0.25) is 0 Å². The molecule has 58 valence electrons. The molecule has 10 heavy (non-hydrogen) atoms. The van der Waals surface area contributed by atoms with Gasteiger partial charge in [-0.15, -0.1) is 11.6 Å². The molecule has 0 spiro atoms. The molecule has 0 unspecified atom stereocenters. The summed E-state index contributed by atoms with van der Waals surface area (Å²) in [5, 5.41) is 0. The third-order valence-electron chi connectivity index (χ3n) is 1.39. The summed E-state index contributed by atoms with van der Waals surface area (Å²) in [7, 11) is 0. The summed E-state index contributed by atoms with van der Waals surface area (Å²) in [5.74, 6) is 0.523. The lowest BCUT2D eigenvalue weighted by molar-refractivity contribution is -0.0110. The molecule has 1 fully saturated rings. The number of ether oxygens (including phenoxy) is 2. The highest BCUT2D eigenvalue weighted by Gasteiger charge is 2.16. The van der Waals surface area contributed by atoms with E-state index in [-0.39, 0.29) is 6.29 Å². The molecule has 0 aromatic carbocycles. The van der Waals surface area contributed by atoms with Crippen molar-refractivity contribution in [2.45, 2.75) is 13.2 Å². The van der Waals surface area contributed by atoms with Crippen LogP contribution in [0.1, 0.15) is 6.92 Å². The van der Waals surface area contributed by atoms with Crippen LogP contribution in [0.5, 0.6) is 0 Å². The van der Waals surface area contributed by atoms with E-state index in [4.69, 9.17) is 21.1 Å². The van der Waals surface area contributed by atoms with Gasteiger partial charge in [0, 0.05) is 5.88 Å². The first-order valence-electron chi connectivity index (χ1n) is 3.30. The number of hydrogen-bond donors (Lipinski definition) is 0. The van der Waals surface area contributed by atoms with Crippen LogP contribution in [-0.4, -0.2) is 25.4 Å². The Kier molecular flexibility index (Phi) is 3.19. The molecule has 0 amide bonds. The molecule has 3 heteroatoms. The molecule has 0 aromatic heterocycles. The standard InChI is InChI=1S/C7H11ClO2/c1-6(2-3-8)7-9-4-5-10-7/h2,7H,3-5H2,1H3/b6-2+. The molecule has 0 atom stereocenters. The van der Waals surface area contributed by atoms with Gasteiger partial charge in [-0.1, -0.05) is 6.08 Å². The highest BCUT2D eigenvalue weighted by molar-refractivity contribution is 6.18. The van der Waals surface area contributed by atoms with Gasteiger partial charge in [-0.05, 0) is 12.5 Å². The van der Waals surface area contributed by atoms with E-state index in [0.717, 1.165) is 5.57 Å². The second-order valence-corrected chi connectivity index (χ2v) is 2.48. The highest BCUT2D eigenvalue weighted by Crippen LogP contribution is 2.12. The van der Waals surface area contributed by atoms with Crippen molar-refractivity contribution in [1.29, 1.82) is 0 Å². The van der Waals surface area contributed by atoms with Crippen LogP contribution in [0.3, 0.4) is 0 Å². The summed E-state index contributed by atoms with van der Waals surface area (Å²) >= 11 is 5.49.